The normalized spacial score (nSPS) is 20.1. The Labute approximate surface area is 155 Å². The molecule has 0 aromatic heterocycles. The number of carbonyl (C=O) groups is 1. The van der Waals surface area contributed by atoms with Gasteiger partial charge >= 0.3 is 0 Å². The van der Waals surface area contributed by atoms with E-state index in [0.717, 1.165) is 12.1 Å². The van der Waals surface area contributed by atoms with Crippen LogP contribution in [0.1, 0.15) is 23.2 Å². The molecule has 2 aromatic rings. The van der Waals surface area contributed by atoms with E-state index in [0.29, 0.717) is 30.2 Å². The number of carbonyl (C=O) groups excluding carboxylic acids is 1. The van der Waals surface area contributed by atoms with Gasteiger partial charge in [0.2, 0.25) is 0 Å². The Kier molecular flexibility index (Phi) is 5.44. The molecule has 0 spiro atoms. The first-order valence-corrected chi connectivity index (χ1v) is 8.60. The summed E-state index contributed by atoms with van der Waals surface area (Å²) in [6, 6.07) is 10.0. The van der Waals surface area contributed by atoms with Crippen molar-refractivity contribution in [3.8, 4) is 5.75 Å². The number of β-amino-alcohol motifs (C(OH)–C–C–N with tert-alkyl or cyclic N) is 1. The summed E-state index contributed by atoms with van der Waals surface area (Å²) in [6.07, 6.45) is 0.911. The number of aliphatic hydroxyl groups is 1. The zero-order chi connectivity index (χ0) is 18.7. The third kappa shape index (κ3) is 4.14. The maximum atomic E-state index is 13.9. The molecule has 1 aliphatic rings. The van der Waals surface area contributed by atoms with Gasteiger partial charge in [-0.1, -0.05) is 23.7 Å². The molecule has 1 heterocycles. The first kappa shape index (κ1) is 18.6. The lowest BCUT2D eigenvalue weighted by Gasteiger charge is -2.39. The van der Waals surface area contributed by atoms with Crippen molar-refractivity contribution < 1.29 is 23.4 Å². The number of nitrogens with zero attached hydrogens (tertiary/aromatic N) is 1. The molecule has 0 aliphatic carbocycles. The van der Waals surface area contributed by atoms with Crippen LogP contribution in [0.2, 0.25) is 5.02 Å². The van der Waals surface area contributed by atoms with Gasteiger partial charge in [0, 0.05) is 11.6 Å². The van der Waals surface area contributed by atoms with Gasteiger partial charge in [0.15, 0.2) is 0 Å². The second-order valence-corrected chi connectivity index (χ2v) is 6.83. The summed E-state index contributed by atoms with van der Waals surface area (Å²) in [4.78, 5) is 13.8. The molecule has 1 amide bonds. The van der Waals surface area contributed by atoms with E-state index in [4.69, 9.17) is 16.3 Å². The van der Waals surface area contributed by atoms with Crippen molar-refractivity contribution in [3.05, 3.63) is 64.7 Å². The number of hydrogen-bond donors (Lipinski definition) is 1. The minimum absolute atomic E-state index is 0.0587. The largest absolute Gasteiger partial charge is 0.490 e. The molecule has 0 saturated carbocycles. The number of likely N-dealkylation sites (tertiary alicyclic amines) is 1. The molecule has 0 bridgehead atoms. The Bertz CT molecular complexity index is 797. The number of benzene rings is 2. The van der Waals surface area contributed by atoms with E-state index in [1.807, 2.05) is 0 Å². The topological polar surface area (TPSA) is 49.8 Å². The molecule has 2 aromatic carbocycles. The molecular formula is C19H18ClF2NO3. The van der Waals surface area contributed by atoms with Crippen LogP contribution in [0, 0.1) is 11.6 Å². The summed E-state index contributed by atoms with van der Waals surface area (Å²) < 4.78 is 33.3. The summed E-state index contributed by atoms with van der Waals surface area (Å²) in [5.41, 5.74) is -1.91. The van der Waals surface area contributed by atoms with Gasteiger partial charge in [0.25, 0.3) is 5.91 Å². The van der Waals surface area contributed by atoms with Gasteiger partial charge in [-0.2, -0.15) is 0 Å². The quantitative estimate of drug-likeness (QED) is 0.879. The molecule has 1 N–H and O–H groups in total. The standard InChI is InChI=1S/C19H18ClF2NO3/c20-13-4-1-5-14(10-13)26-12-19(25)8-3-9-23(11-19)18(24)17-15(21)6-2-7-16(17)22/h1-2,4-7,10,25H,3,8-9,11-12H2. The molecule has 0 radical (unpaired) electrons. The molecular weight excluding hydrogens is 364 g/mol. The van der Waals surface area contributed by atoms with Gasteiger partial charge < -0.3 is 14.7 Å². The summed E-state index contributed by atoms with van der Waals surface area (Å²) in [5, 5.41) is 11.3. The Morgan fingerprint density at radius 2 is 1.92 bits per heavy atom. The number of piperidine rings is 1. The summed E-state index contributed by atoms with van der Waals surface area (Å²) in [6.45, 7) is 0.184. The van der Waals surface area contributed by atoms with E-state index in [9.17, 15) is 18.7 Å². The third-order valence-electron chi connectivity index (χ3n) is 4.32. The first-order valence-electron chi connectivity index (χ1n) is 8.22. The molecule has 3 rings (SSSR count). The number of amides is 1. The van der Waals surface area contributed by atoms with E-state index in [-0.39, 0.29) is 13.2 Å². The molecule has 1 fully saturated rings. The highest BCUT2D eigenvalue weighted by Crippen LogP contribution is 2.26. The minimum atomic E-state index is -1.31. The molecule has 1 saturated heterocycles. The number of halogens is 3. The Balaban J connectivity index is 1.71. The van der Waals surface area contributed by atoms with Crippen LogP contribution in [0.3, 0.4) is 0 Å². The predicted molar refractivity (Wildman–Crippen MR) is 93.4 cm³/mol. The van der Waals surface area contributed by atoms with Crippen molar-refractivity contribution in [2.24, 2.45) is 0 Å². The van der Waals surface area contributed by atoms with Gasteiger partial charge in [-0.3, -0.25) is 4.79 Å². The molecule has 26 heavy (non-hydrogen) atoms. The average Bonchev–Trinajstić information content (AvgIpc) is 2.60. The zero-order valence-electron chi connectivity index (χ0n) is 13.9. The van der Waals surface area contributed by atoms with E-state index >= 15 is 0 Å². The van der Waals surface area contributed by atoms with Crippen LogP contribution in [0.25, 0.3) is 0 Å². The van der Waals surface area contributed by atoms with Crippen molar-refractivity contribution in [3.63, 3.8) is 0 Å². The first-order chi connectivity index (χ1) is 12.4. The van der Waals surface area contributed by atoms with E-state index in [1.54, 1.807) is 24.3 Å². The number of hydrogen-bond acceptors (Lipinski definition) is 3. The van der Waals surface area contributed by atoms with Crippen molar-refractivity contribution in [1.29, 1.82) is 0 Å². The van der Waals surface area contributed by atoms with Gasteiger partial charge in [0.1, 0.15) is 35.2 Å². The van der Waals surface area contributed by atoms with Gasteiger partial charge in [-0.05, 0) is 43.2 Å². The van der Waals surface area contributed by atoms with Crippen LogP contribution >= 0.6 is 11.6 Å². The van der Waals surface area contributed by atoms with Crippen LogP contribution in [-0.2, 0) is 0 Å². The summed E-state index contributed by atoms with van der Waals surface area (Å²) in [7, 11) is 0. The van der Waals surface area contributed by atoms with Crippen LogP contribution in [0.15, 0.2) is 42.5 Å². The molecule has 7 heteroatoms. The molecule has 4 nitrogen and oxygen atoms in total. The fourth-order valence-electron chi connectivity index (χ4n) is 3.04. The lowest BCUT2D eigenvalue weighted by Crippen LogP contribution is -2.53. The van der Waals surface area contributed by atoms with E-state index in [1.165, 1.54) is 11.0 Å². The second-order valence-electron chi connectivity index (χ2n) is 6.40. The molecule has 1 unspecified atom stereocenters. The fourth-order valence-corrected chi connectivity index (χ4v) is 3.22. The van der Waals surface area contributed by atoms with Crippen LogP contribution in [0.5, 0.6) is 5.75 Å². The number of rotatable bonds is 4. The lowest BCUT2D eigenvalue weighted by atomic mass is 9.93. The Morgan fingerprint density at radius 1 is 1.23 bits per heavy atom. The highest BCUT2D eigenvalue weighted by molar-refractivity contribution is 6.30. The smallest absolute Gasteiger partial charge is 0.259 e. The van der Waals surface area contributed by atoms with Crippen LogP contribution in [0.4, 0.5) is 8.78 Å². The van der Waals surface area contributed by atoms with Crippen molar-refractivity contribution in [1.82, 2.24) is 4.90 Å². The van der Waals surface area contributed by atoms with Crippen molar-refractivity contribution in [2.45, 2.75) is 18.4 Å². The number of ether oxygens (including phenoxy) is 1. The maximum absolute atomic E-state index is 13.9. The van der Waals surface area contributed by atoms with Crippen LogP contribution in [-0.4, -0.2) is 41.2 Å². The summed E-state index contributed by atoms with van der Waals surface area (Å²) >= 11 is 5.90. The highest BCUT2D eigenvalue weighted by Gasteiger charge is 2.37. The molecule has 1 aliphatic heterocycles. The van der Waals surface area contributed by atoms with Gasteiger partial charge in [-0.25, -0.2) is 8.78 Å². The fraction of sp³-hybridized carbons (Fsp3) is 0.316. The third-order valence-corrected chi connectivity index (χ3v) is 4.56. The average molecular weight is 382 g/mol. The zero-order valence-corrected chi connectivity index (χ0v) is 14.7. The van der Waals surface area contributed by atoms with Crippen molar-refractivity contribution in [2.75, 3.05) is 19.7 Å². The van der Waals surface area contributed by atoms with E-state index < -0.39 is 28.7 Å². The maximum Gasteiger partial charge on any atom is 0.259 e. The second kappa shape index (κ2) is 7.60. The predicted octanol–water partition coefficient (Wildman–Crippen LogP) is 3.66. The Hall–Kier alpha value is -2.18. The Morgan fingerprint density at radius 3 is 2.62 bits per heavy atom. The molecule has 1 atom stereocenters. The lowest BCUT2D eigenvalue weighted by molar-refractivity contribution is -0.0533. The summed E-state index contributed by atoms with van der Waals surface area (Å²) in [5.74, 6) is -2.12. The molecule has 138 valence electrons. The van der Waals surface area contributed by atoms with Gasteiger partial charge in [-0.15, -0.1) is 0 Å². The monoisotopic (exact) mass is 381 g/mol. The minimum Gasteiger partial charge on any atom is -0.490 e. The van der Waals surface area contributed by atoms with Gasteiger partial charge in [0.05, 0.1) is 6.54 Å². The van der Waals surface area contributed by atoms with Crippen molar-refractivity contribution >= 4 is 17.5 Å². The SMILES string of the molecule is O=C(c1c(F)cccc1F)N1CCCC(O)(COc2cccc(Cl)c2)C1. The van der Waals surface area contributed by atoms with E-state index in [2.05, 4.69) is 0 Å². The highest BCUT2D eigenvalue weighted by atomic mass is 35.5. The van der Waals surface area contributed by atoms with Crippen LogP contribution < -0.4 is 4.74 Å².